The summed E-state index contributed by atoms with van der Waals surface area (Å²) in [4.78, 5) is 15.6. The lowest BCUT2D eigenvalue weighted by molar-refractivity contribution is 0.666. The van der Waals surface area contributed by atoms with Gasteiger partial charge >= 0.3 is 0 Å². The van der Waals surface area contributed by atoms with E-state index in [1.807, 2.05) is 36.4 Å². The van der Waals surface area contributed by atoms with E-state index < -0.39 is 0 Å². The fraction of sp³-hybridized carbons (Fsp3) is 0. The summed E-state index contributed by atoms with van der Waals surface area (Å²) in [6.07, 6.45) is 0. The van der Waals surface area contributed by atoms with Crippen molar-refractivity contribution in [2.45, 2.75) is 0 Å². The highest BCUT2D eigenvalue weighted by atomic mass is 16.3. The highest BCUT2D eigenvalue weighted by Crippen LogP contribution is 2.45. The van der Waals surface area contributed by atoms with Crippen LogP contribution >= 0.6 is 0 Å². The average Bonchev–Trinajstić information content (AvgIpc) is 3.84. The van der Waals surface area contributed by atoms with Crippen LogP contribution in [0.2, 0.25) is 0 Å². The highest BCUT2D eigenvalue weighted by Gasteiger charge is 2.24. The summed E-state index contributed by atoms with van der Waals surface area (Å²) in [5, 5.41) is 9.06. The molecule has 0 fully saturated rings. The van der Waals surface area contributed by atoms with Crippen molar-refractivity contribution >= 4 is 65.3 Å². The molecule has 0 aliphatic rings. The largest absolute Gasteiger partial charge is 0.454 e. The van der Waals surface area contributed by atoms with Crippen LogP contribution < -0.4 is 0 Å². The molecule has 0 atom stereocenters. The Morgan fingerprint density at radius 1 is 0.362 bits per heavy atom. The lowest BCUT2D eigenvalue weighted by Crippen LogP contribution is -2.00. The van der Waals surface area contributed by atoms with Crippen molar-refractivity contribution in [3.63, 3.8) is 0 Å². The second kappa shape index (κ2) is 12.8. The van der Waals surface area contributed by atoms with Crippen molar-refractivity contribution in [2.24, 2.45) is 0 Å². The average molecular weight is 741 g/mol. The Labute approximate surface area is 333 Å². The lowest BCUT2D eigenvalue weighted by Gasteiger charge is -2.13. The van der Waals surface area contributed by atoms with Crippen LogP contribution in [0.15, 0.2) is 199 Å². The van der Waals surface area contributed by atoms with Crippen LogP contribution in [0.1, 0.15) is 0 Å². The SMILES string of the molecule is c1ccc(-c2nc(-c3ccc4ccccc4c3)nc(-c3cccc4oc5c(-n6c7ccccc7c7cc8ccccc8cc76)ccc(-c6ccccc6)c5c34)n2)cc1. The molecule has 0 radical (unpaired) electrons. The highest BCUT2D eigenvalue weighted by molar-refractivity contribution is 6.21. The molecule has 12 rings (SSSR count). The van der Waals surface area contributed by atoms with E-state index in [9.17, 15) is 0 Å². The van der Waals surface area contributed by atoms with Crippen LogP contribution in [0.4, 0.5) is 0 Å². The van der Waals surface area contributed by atoms with Crippen molar-refractivity contribution in [1.29, 1.82) is 0 Å². The number of para-hydroxylation sites is 1. The quantitative estimate of drug-likeness (QED) is 0.176. The molecule has 3 heterocycles. The van der Waals surface area contributed by atoms with E-state index in [4.69, 9.17) is 19.4 Å². The molecular weight excluding hydrogens is 709 g/mol. The standard InChI is InChI=1S/C53H32N4O/c1-3-15-34(16-4-1)40-28-29-45(57-44-24-12-11-22-41(44)43-31-37-20-9-10-21-38(37)32-46(43)57)50-49(40)48-42(23-13-25-47(48)58-50)53-55-51(35-17-5-2-6-18-35)54-52(56-53)39-27-26-33-14-7-8-19-36(33)30-39/h1-32H. The molecule has 0 bridgehead atoms. The molecule has 0 saturated carbocycles. The van der Waals surface area contributed by atoms with E-state index in [1.54, 1.807) is 0 Å². The summed E-state index contributed by atoms with van der Waals surface area (Å²) in [6.45, 7) is 0. The third-order valence-electron chi connectivity index (χ3n) is 11.4. The zero-order valence-corrected chi connectivity index (χ0v) is 31.2. The minimum Gasteiger partial charge on any atom is -0.454 e. The predicted octanol–water partition coefficient (Wildman–Crippen LogP) is 13.8. The maximum Gasteiger partial charge on any atom is 0.164 e. The summed E-state index contributed by atoms with van der Waals surface area (Å²) < 4.78 is 9.47. The zero-order chi connectivity index (χ0) is 38.2. The van der Waals surface area contributed by atoms with Crippen LogP contribution in [0.25, 0.3) is 116 Å². The van der Waals surface area contributed by atoms with Gasteiger partial charge in [0.1, 0.15) is 5.58 Å². The molecule has 3 aromatic heterocycles. The Hall–Kier alpha value is -7.89. The Balaban J connectivity index is 1.17. The first-order valence-electron chi connectivity index (χ1n) is 19.5. The predicted molar refractivity (Wildman–Crippen MR) is 238 cm³/mol. The Bertz CT molecular complexity index is 3570. The molecule has 0 aliphatic carbocycles. The van der Waals surface area contributed by atoms with Crippen LogP contribution in [-0.4, -0.2) is 19.5 Å². The van der Waals surface area contributed by atoms with Gasteiger partial charge in [0.2, 0.25) is 0 Å². The lowest BCUT2D eigenvalue weighted by atomic mass is 9.96. The van der Waals surface area contributed by atoms with Crippen molar-refractivity contribution in [3.8, 4) is 51.0 Å². The van der Waals surface area contributed by atoms with Gasteiger partial charge in [0.25, 0.3) is 0 Å². The second-order valence-corrected chi connectivity index (χ2v) is 14.8. The third kappa shape index (κ3) is 5.07. The minimum atomic E-state index is 0.582. The number of benzene rings is 9. The normalized spacial score (nSPS) is 11.8. The number of rotatable bonds is 5. The Kier molecular flexibility index (Phi) is 7.16. The van der Waals surface area contributed by atoms with Crippen molar-refractivity contribution < 1.29 is 4.42 Å². The summed E-state index contributed by atoms with van der Waals surface area (Å²) in [7, 11) is 0. The van der Waals surface area contributed by atoms with Gasteiger partial charge in [-0.05, 0) is 69.1 Å². The van der Waals surface area contributed by atoms with Gasteiger partial charge in [-0.25, -0.2) is 15.0 Å². The molecule has 0 N–H and O–H groups in total. The van der Waals surface area contributed by atoms with E-state index in [-0.39, 0.29) is 0 Å². The molecule has 58 heavy (non-hydrogen) atoms. The summed E-state index contributed by atoms with van der Waals surface area (Å²) in [5.74, 6) is 1.80. The first-order chi connectivity index (χ1) is 28.7. The van der Waals surface area contributed by atoms with Gasteiger partial charge in [-0.3, -0.25) is 0 Å². The number of hydrogen-bond donors (Lipinski definition) is 0. The number of furan rings is 1. The molecule has 0 aliphatic heterocycles. The number of hydrogen-bond acceptors (Lipinski definition) is 4. The number of nitrogens with zero attached hydrogens (tertiary/aromatic N) is 4. The monoisotopic (exact) mass is 740 g/mol. The Morgan fingerprint density at radius 3 is 1.79 bits per heavy atom. The van der Waals surface area contributed by atoms with Gasteiger partial charge in [-0.1, -0.05) is 158 Å². The molecule has 9 aromatic carbocycles. The summed E-state index contributed by atoms with van der Waals surface area (Å²) in [5.41, 5.74) is 9.66. The van der Waals surface area contributed by atoms with Gasteiger partial charge in [0.15, 0.2) is 23.1 Å². The third-order valence-corrected chi connectivity index (χ3v) is 11.4. The summed E-state index contributed by atoms with van der Waals surface area (Å²) in [6, 6.07) is 68.0. The minimum absolute atomic E-state index is 0.582. The Morgan fingerprint density at radius 2 is 1.00 bits per heavy atom. The topological polar surface area (TPSA) is 56.7 Å². The van der Waals surface area contributed by atoms with Crippen molar-refractivity contribution in [1.82, 2.24) is 19.5 Å². The maximum absolute atomic E-state index is 7.10. The van der Waals surface area contributed by atoms with Gasteiger partial charge in [0, 0.05) is 38.2 Å². The van der Waals surface area contributed by atoms with E-state index in [1.165, 1.54) is 26.9 Å². The van der Waals surface area contributed by atoms with Crippen molar-refractivity contribution in [3.05, 3.63) is 194 Å². The number of aromatic nitrogens is 4. The van der Waals surface area contributed by atoms with E-state index in [2.05, 4.69) is 162 Å². The molecule has 0 amide bonds. The molecule has 0 spiro atoms. The smallest absolute Gasteiger partial charge is 0.164 e. The van der Waals surface area contributed by atoms with Crippen LogP contribution in [0.3, 0.4) is 0 Å². The van der Waals surface area contributed by atoms with Crippen molar-refractivity contribution in [2.75, 3.05) is 0 Å². The molecule has 5 heteroatoms. The zero-order valence-electron chi connectivity index (χ0n) is 31.2. The van der Waals surface area contributed by atoms with E-state index in [0.29, 0.717) is 17.5 Å². The van der Waals surface area contributed by atoms with Gasteiger partial charge in [-0.2, -0.15) is 0 Å². The second-order valence-electron chi connectivity index (χ2n) is 14.8. The van der Waals surface area contributed by atoms with Gasteiger partial charge in [0.05, 0.1) is 16.7 Å². The fourth-order valence-electron chi connectivity index (χ4n) is 8.71. The first kappa shape index (κ1) is 32.4. The van der Waals surface area contributed by atoms with Crippen LogP contribution in [0.5, 0.6) is 0 Å². The molecule has 270 valence electrons. The molecule has 0 saturated heterocycles. The maximum atomic E-state index is 7.10. The van der Waals surface area contributed by atoms with Crippen LogP contribution in [0, 0.1) is 0 Å². The molecule has 0 unspecified atom stereocenters. The number of fused-ring (bicyclic) bond motifs is 8. The van der Waals surface area contributed by atoms with E-state index in [0.717, 1.165) is 71.9 Å². The molecule has 5 nitrogen and oxygen atoms in total. The summed E-state index contributed by atoms with van der Waals surface area (Å²) >= 11 is 0. The molecular formula is C53H32N4O. The van der Waals surface area contributed by atoms with E-state index >= 15 is 0 Å². The van der Waals surface area contributed by atoms with Gasteiger partial charge < -0.3 is 8.98 Å². The van der Waals surface area contributed by atoms with Gasteiger partial charge in [-0.15, -0.1) is 0 Å². The fourth-order valence-corrected chi connectivity index (χ4v) is 8.71. The van der Waals surface area contributed by atoms with Crippen LogP contribution in [-0.2, 0) is 0 Å². The molecule has 12 aromatic rings. The first-order valence-corrected chi connectivity index (χ1v) is 19.5.